The van der Waals surface area contributed by atoms with Gasteiger partial charge in [-0.3, -0.25) is 9.89 Å². The first-order chi connectivity index (χ1) is 9.47. The van der Waals surface area contributed by atoms with Crippen LogP contribution in [0.5, 0.6) is 0 Å². The molecule has 1 aromatic carbocycles. The zero-order chi connectivity index (χ0) is 14.7. The van der Waals surface area contributed by atoms with Crippen LogP contribution in [0.2, 0.25) is 10.0 Å². The van der Waals surface area contributed by atoms with Gasteiger partial charge in [0.05, 0.1) is 28.2 Å². The minimum atomic E-state index is -0.245. The average molecular weight is 329 g/mol. The molecule has 2 rings (SSSR count). The van der Waals surface area contributed by atoms with Gasteiger partial charge in [0.15, 0.2) is 0 Å². The van der Waals surface area contributed by atoms with Crippen molar-refractivity contribution < 1.29 is 4.79 Å². The number of amides is 1. The number of carbonyl (C=O) groups excluding carboxylic acids is 1. The van der Waals surface area contributed by atoms with Gasteiger partial charge in [-0.15, -0.1) is 0 Å². The fourth-order valence-electron chi connectivity index (χ4n) is 1.59. The number of halogens is 2. The summed E-state index contributed by atoms with van der Waals surface area (Å²) in [6, 6.07) is 5.02. The van der Waals surface area contributed by atoms with Gasteiger partial charge >= 0.3 is 0 Å². The Labute approximate surface area is 130 Å². The third kappa shape index (κ3) is 3.47. The molecular formula is C12H10Cl2N4OS. The molecule has 0 saturated carbocycles. The van der Waals surface area contributed by atoms with Crippen molar-refractivity contribution in [3.05, 3.63) is 45.6 Å². The molecule has 5 nitrogen and oxygen atoms in total. The highest BCUT2D eigenvalue weighted by Gasteiger charge is 2.12. The van der Waals surface area contributed by atoms with E-state index in [1.807, 2.05) is 0 Å². The molecule has 8 heteroatoms. The van der Waals surface area contributed by atoms with Crippen LogP contribution in [0.25, 0.3) is 0 Å². The average Bonchev–Trinajstić information content (AvgIpc) is 2.82. The van der Waals surface area contributed by atoms with Gasteiger partial charge in [0.2, 0.25) is 5.91 Å². The maximum atomic E-state index is 11.9. The van der Waals surface area contributed by atoms with Crippen LogP contribution in [0.1, 0.15) is 11.1 Å². The first-order valence-electron chi connectivity index (χ1n) is 5.54. The van der Waals surface area contributed by atoms with Crippen molar-refractivity contribution in [1.82, 2.24) is 10.2 Å². The maximum Gasteiger partial charge on any atom is 0.229 e. The molecule has 4 N–H and O–H groups in total. The molecule has 20 heavy (non-hydrogen) atoms. The molecule has 0 aliphatic carbocycles. The van der Waals surface area contributed by atoms with Crippen LogP contribution in [0.3, 0.4) is 0 Å². The summed E-state index contributed by atoms with van der Waals surface area (Å²) in [7, 11) is 0. The van der Waals surface area contributed by atoms with E-state index in [-0.39, 0.29) is 17.3 Å². The number of thiocarbonyl (C=S) groups is 1. The van der Waals surface area contributed by atoms with E-state index in [0.717, 1.165) is 5.56 Å². The number of aromatic nitrogens is 2. The van der Waals surface area contributed by atoms with Gasteiger partial charge in [0.25, 0.3) is 0 Å². The van der Waals surface area contributed by atoms with E-state index in [1.165, 1.54) is 6.20 Å². The number of anilines is 1. The molecule has 0 bridgehead atoms. The Balaban J connectivity index is 2.07. The summed E-state index contributed by atoms with van der Waals surface area (Å²) in [4.78, 5) is 12.1. The topological polar surface area (TPSA) is 83.8 Å². The van der Waals surface area contributed by atoms with Gasteiger partial charge in [-0.1, -0.05) is 41.5 Å². The third-order valence-corrected chi connectivity index (χ3v) is 3.48. The van der Waals surface area contributed by atoms with Crippen molar-refractivity contribution in [2.75, 3.05) is 5.32 Å². The number of hydrogen-bond donors (Lipinski definition) is 3. The Morgan fingerprint density at radius 3 is 2.80 bits per heavy atom. The molecule has 0 unspecified atom stereocenters. The first-order valence-corrected chi connectivity index (χ1v) is 6.70. The Morgan fingerprint density at radius 1 is 1.40 bits per heavy atom. The van der Waals surface area contributed by atoms with E-state index in [0.29, 0.717) is 21.4 Å². The van der Waals surface area contributed by atoms with E-state index < -0.39 is 0 Å². The van der Waals surface area contributed by atoms with Gasteiger partial charge in [-0.05, 0) is 17.7 Å². The highest BCUT2D eigenvalue weighted by Crippen LogP contribution is 2.23. The Bertz CT molecular complexity index is 671. The number of rotatable bonds is 4. The second-order valence-electron chi connectivity index (χ2n) is 4.00. The molecule has 1 aromatic heterocycles. The minimum absolute atomic E-state index is 0.146. The normalized spacial score (nSPS) is 10.3. The SMILES string of the molecule is NC(=S)c1cn[nH]c1NC(=O)Cc1ccc(Cl)c(Cl)c1. The van der Waals surface area contributed by atoms with Crippen LogP contribution < -0.4 is 11.1 Å². The van der Waals surface area contributed by atoms with E-state index in [9.17, 15) is 4.79 Å². The van der Waals surface area contributed by atoms with Crippen LogP contribution in [-0.4, -0.2) is 21.1 Å². The molecule has 0 atom stereocenters. The van der Waals surface area contributed by atoms with Gasteiger partial charge in [-0.25, -0.2) is 0 Å². The van der Waals surface area contributed by atoms with Crippen LogP contribution >= 0.6 is 35.4 Å². The highest BCUT2D eigenvalue weighted by atomic mass is 35.5. The predicted molar refractivity (Wildman–Crippen MR) is 83.3 cm³/mol. The highest BCUT2D eigenvalue weighted by molar-refractivity contribution is 7.80. The van der Waals surface area contributed by atoms with Crippen molar-refractivity contribution in [1.29, 1.82) is 0 Å². The lowest BCUT2D eigenvalue weighted by Crippen LogP contribution is -2.18. The van der Waals surface area contributed by atoms with Gasteiger partial charge in [-0.2, -0.15) is 5.10 Å². The van der Waals surface area contributed by atoms with E-state index >= 15 is 0 Å². The quantitative estimate of drug-likeness (QED) is 0.753. The summed E-state index contributed by atoms with van der Waals surface area (Å²) in [5.41, 5.74) is 6.74. The number of benzene rings is 1. The second kappa shape index (κ2) is 6.21. The van der Waals surface area contributed by atoms with Gasteiger partial charge < -0.3 is 11.1 Å². The van der Waals surface area contributed by atoms with Crippen LogP contribution in [0.15, 0.2) is 24.4 Å². The number of H-pyrrole nitrogens is 1. The molecule has 1 amide bonds. The lowest BCUT2D eigenvalue weighted by Gasteiger charge is -2.06. The minimum Gasteiger partial charge on any atom is -0.389 e. The molecule has 0 spiro atoms. The Kier molecular flexibility index (Phi) is 4.59. The summed E-state index contributed by atoms with van der Waals surface area (Å²) in [6.45, 7) is 0. The largest absolute Gasteiger partial charge is 0.389 e. The van der Waals surface area contributed by atoms with Crippen LogP contribution in [0.4, 0.5) is 5.82 Å². The number of nitrogens with two attached hydrogens (primary N) is 1. The molecule has 0 aliphatic rings. The molecule has 104 valence electrons. The van der Waals surface area contributed by atoms with Crippen molar-refractivity contribution >= 4 is 52.1 Å². The summed E-state index contributed by atoms with van der Waals surface area (Å²) in [6.07, 6.45) is 1.60. The number of aromatic amines is 1. The van der Waals surface area contributed by atoms with E-state index in [1.54, 1.807) is 18.2 Å². The number of carbonyl (C=O) groups is 1. The van der Waals surface area contributed by atoms with E-state index in [4.69, 9.17) is 41.2 Å². The molecule has 0 radical (unpaired) electrons. The smallest absolute Gasteiger partial charge is 0.229 e. The lowest BCUT2D eigenvalue weighted by molar-refractivity contribution is -0.115. The van der Waals surface area contributed by atoms with Crippen molar-refractivity contribution in [3.8, 4) is 0 Å². The zero-order valence-corrected chi connectivity index (χ0v) is 12.4. The molecule has 0 saturated heterocycles. The predicted octanol–water partition coefficient (Wildman–Crippen LogP) is 2.53. The van der Waals surface area contributed by atoms with Gasteiger partial charge in [0.1, 0.15) is 10.8 Å². The van der Waals surface area contributed by atoms with Gasteiger partial charge in [0, 0.05) is 0 Å². The summed E-state index contributed by atoms with van der Waals surface area (Å²) >= 11 is 16.6. The lowest BCUT2D eigenvalue weighted by atomic mass is 10.1. The number of nitrogens with zero attached hydrogens (tertiary/aromatic N) is 1. The monoisotopic (exact) mass is 328 g/mol. The zero-order valence-electron chi connectivity index (χ0n) is 10.1. The standard InChI is InChI=1S/C12H10Cl2N4OS/c13-8-2-1-6(3-9(8)14)4-10(19)17-12-7(11(15)20)5-16-18-12/h1-3,5H,4H2,(H2,15,20)(H2,16,17,18,19). The fourth-order valence-corrected chi connectivity index (χ4v) is 2.06. The Morgan fingerprint density at radius 2 is 2.15 bits per heavy atom. The summed E-state index contributed by atoms with van der Waals surface area (Å²) in [5, 5.41) is 9.91. The first kappa shape index (κ1) is 14.8. The summed E-state index contributed by atoms with van der Waals surface area (Å²) < 4.78 is 0. The maximum absolute atomic E-state index is 11.9. The molecule has 0 aliphatic heterocycles. The number of nitrogens with one attached hydrogen (secondary N) is 2. The van der Waals surface area contributed by atoms with Crippen molar-refractivity contribution in [2.24, 2.45) is 5.73 Å². The van der Waals surface area contributed by atoms with Crippen molar-refractivity contribution in [3.63, 3.8) is 0 Å². The molecule has 1 heterocycles. The summed E-state index contributed by atoms with van der Waals surface area (Å²) in [5.74, 6) is 0.132. The van der Waals surface area contributed by atoms with E-state index in [2.05, 4.69) is 15.5 Å². The van der Waals surface area contributed by atoms with Crippen LogP contribution in [0, 0.1) is 0 Å². The third-order valence-electron chi connectivity index (χ3n) is 2.52. The molecule has 0 fully saturated rings. The number of hydrogen-bond acceptors (Lipinski definition) is 3. The van der Waals surface area contributed by atoms with Crippen LogP contribution in [-0.2, 0) is 11.2 Å². The fraction of sp³-hybridized carbons (Fsp3) is 0.0833. The Hall–Kier alpha value is -1.63. The molecule has 2 aromatic rings. The van der Waals surface area contributed by atoms with Crippen molar-refractivity contribution in [2.45, 2.75) is 6.42 Å². The molecular weight excluding hydrogens is 319 g/mol. The second-order valence-corrected chi connectivity index (χ2v) is 5.25.